The number of thioether (sulfide) groups is 1. The molecule has 9 heteroatoms. The van der Waals surface area contributed by atoms with E-state index in [0.29, 0.717) is 15.7 Å². The Morgan fingerprint density at radius 2 is 1.95 bits per heavy atom. The molecule has 0 spiro atoms. The number of halogens is 1. The summed E-state index contributed by atoms with van der Waals surface area (Å²) in [6.07, 6.45) is 0. The summed E-state index contributed by atoms with van der Waals surface area (Å²) >= 11 is 7.17. The number of nitrogen functional groups attached to an aromatic ring is 2. The van der Waals surface area contributed by atoms with Crippen LogP contribution in [0.1, 0.15) is 5.56 Å². The fraction of sp³-hybridized carbons (Fsp3) is 0.0909. The highest BCUT2D eigenvalue weighted by Gasteiger charge is 2.17. The zero-order chi connectivity index (χ0) is 14.7. The third-order valence-corrected chi connectivity index (χ3v) is 3.61. The Balaban J connectivity index is 2.25. The number of aromatic nitrogens is 2. The van der Waals surface area contributed by atoms with Gasteiger partial charge in [0.1, 0.15) is 11.6 Å². The second-order valence-electron chi connectivity index (χ2n) is 3.78. The summed E-state index contributed by atoms with van der Waals surface area (Å²) in [5, 5.41) is 11.6. The molecule has 0 saturated carbocycles. The fourth-order valence-electron chi connectivity index (χ4n) is 1.52. The highest BCUT2D eigenvalue weighted by molar-refractivity contribution is 7.98. The molecule has 0 aliphatic carbocycles. The Morgan fingerprint density at radius 1 is 1.30 bits per heavy atom. The van der Waals surface area contributed by atoms with Crippen LogP contribution in [0.5, 0.6) is 0 Å². The standard InChI is InChI=1S/C11H10ClN5O2S/c12-7-2-1-3-8(17(18)19)6(7)5-20-11-15-9(13)4-10(14)16-11/h1-4H,5H2,(H4,13,14,15,16). The van der Waals surface area contributed by atoms with E-state index >= 15 is 0 Å². The topological polar surface area (TPSA) is 121 Å². The van der Waals surface area contributed by atoms with Gasteiger partial charge in [-0.25, -0.2) is 9.97 Å². The lowest BCUT2D eigenvalue weighted by Crippen LogP contribution is -2.00. The molecule has 20 heavy (non-hydrogen) atoms. The second kappa shape index (κ2) is 5.93. The Bertz CT molecular complexity index is 647. The van der Waals surface area contributed by atoms with E-state index in [2.05, 4.69) is 9.97 Å². The van der Waals surface area contributed by atoms with Gasteiger partial charge in [0, 0.05) is 17.9 Å². The van der Waals surface area contributed by atoms with Crippen molar-refractivity contribution in [3.63, 3.8) is 0 Å². The van der Waals surface area contributed by atoms with Crippen LogP contribution in [0.15, 0.2) is 29.4 Å². The van der Waals surface area contributed by atoms with Crippen LogP contribution in [-0.2, 0) is 5.75 Å². The van der Waals surface area contributed by atoms with Gasteiger partial charge in [-0.1, -0.05) is 29.4 Å². The van der Waals surface area contributed by atoms with Crippen molar-refractivity contribution in [2.24, 2.45) is 0 Å². The molecule has 1 heterocycles. The van der Waals surface area contributed by atoms with E-state index in [9.17, 15) is 10.1 Å². The molecule has 7 nitrogen and oxygen atoms in total. The van der Waals surface area contributed by atoms with Gasteiger partial charge in [-0.2, -0.15) is 0 Å². The minimum atomic E-state index is -0.476. The number of hydrogen-bond acceptors (Lipinski definition) is 7. The van der Waals surface area contributed by atoms with Crippen molar-refractivity contribution in [2.45, 2.75) is 10.9 Å². The molecule has 0 atom stereocenters. The molecule has 2 rings (SSSR count). The third-order valence-electron chi connectivity index (χ3n) is 2.38. The van der Waals surface area contributed by atoms with E-state index in [4.69, 9.17) is 23.1 Å². The number of nitro groups is 1. The van der Waals surface area contributed by atoms with Crippen LogP contribution in [-0.4, -0.2) is 14.9 Å². The fourth-order valence-corrected chi connectivity index (χ4v) is 2.76. The Kier molecular flexibility index (Phi) is 4.26. The summed E-state index contributed by atoms with van der Waals surface area (Å²) in [6, 6.07) is 5.96. The molecule has 0 aliphatic heterocycles. The first-order valence-electron chi connectivity index (χ1n) is 5.42. The first kappa shape index (κ1) is 14.4. The van der Waals surface area contributed by atoms with Gasteiger partial charge in [-0.05, 0) is 6.07 Å². The van der Waals surface area contributed by atoms with Crippen molar-refractivity contribution in [1.29, 1.82) is 0 Å². The quantitative estimate of drug-likeness (QED) is 0.385. The SMILES string of the molecule is Nc1cc(N)nc(SCc2c(Cl)cccc2[N+](=O)[O-])n1. The van der Waals surface area contributed by atoms with Crippen molar-refractivity contribution in [1.82, 2.24) is 9.97 Å². The number of anilines is 2. The van der Waals surface area contributed by atoms with E-state index in [0.717, 1.165) is 0 Å². The van der Waals surface area contributed by atoms with Gasteiger partial charge < -0.3 is 11.5 Å². The molecule has 0 unspecified atom stereocenters. The molecule has 0 bridgehead atoms. The van der Waals surface area contributed by atoms with E-state index in [-0.39, 0.29) is 23.1 Å². The van der Waals surface area contributed by atoms with Gasteiger partial charge >= 0.3 is 0 Å². The molecule has 0 aliphatic rings. The second-order valence-corrected chi connectivity index (χ2v) is 5.13. The molecule has 104 valence electrons. The number of nitro benzene ring substituents is 1. The lowest BCUT2D eigenvalue weighted by atomic mass is 10.2. The van der Waals surface area contributed by atoms with Crippen molar-refractivity contribution in [3.8, 4) is 0 Å². The molecule has 1 aromatic carbocycles. The summed E-state index contributed by atoms with van der Waals surface area (Å²) in [4.78, 5) is 18.5. The maximum atomic E-state index is 11.0. The van der Waals surface area contributed by atoms with E-state index in [1.807, 2.05) is 0 Å². The van der Waals surface area contributed by atoms with Crippen LogP contribution in [0.2, 0.25) is 5.02 Å². The van der Waals surface area contributed by atoms with Crippen LogP contribution in [0.25, 0.3) is 0 Å². The summed E-state index contributed by atoms with van der Waals surface area (Å²) in [5.74, 6) is 0.737. The minimum Gasteiger partial charge on any atom is -0.383 e. The Morgan fingerprint density at radius 3 is 2.55 bits per heavy atom. The van der Waals surface area contributed by atoms with Crippen molar-refractivity contribution >= 4 is 40.7 Å². The third kappa shape index (κ3) is 3.28. The van der Waals surface area contributed by atoms with Crippen LogP contribution in [0.4, 0.5) is 17.3 Å². The van der Waals surface area contributed by atoms with Crippen LogP contribution < -0.4 is 11.5 Å². The van der Waals surface area contributed by atoms with E-state index < -0.39 is 4.92 Å². The zero-order valence-corrected chi connectivity index (χ0v) is 11.7. The van der Waals surface area contributed by atoms with Crippen molar-refractivity contribution in [3.05, 3.63) is 45.0 Å². The highest BCUT2D eigenvalue weighted by atomic mass is 35.5. The van der Waals surface area contributed by atoms with Gasteiger partial charge in [0.2, 0.25) is 0 Å². The number of hydrogen-bond donors (Lipinski definition) is 2. The van der Waals surface area contributed by atoms with Crippen LogP contribution in [0, 0.1) is 10.1 Å². The predicted octanol–water partition coefficient (Wildman–Crippen LogP) is 2.49. The molecule has 0 fully saturated rings. The zero-order valence-electron chi connectivity index (χ0n) is 10.1. The molecular formula is C11H10ClN5O2S. The van der Waals surface area contributed by atoms with Crippen LogP contribution in [0.3, 0.4) is 0 Å². The maximum absolute atomic E-state index is 11.0. The number of nitrogens with zero attached hydrogens (tertiary/aromatic N) is 3. The van der Waals surface area contributed by atoms with Crippen molar-refractivity contribution in [2.75, 3.05) is 11.5 Å². The lowest BCUT2D eigenvalue weighted by Gasteiger charge is -2.05. The molecular weight excluding hydrogens is 302 g/mol. The normalized spacial score (nSPS) is 10.4. The largest absolute Gasteiger partial charge is 0.383 e. The molecule has 0 amide bonds. The minimum absolute atomic E-state index is 0.0399. The molecule has 0 radical (unpaired) electrons. The summed E-state index contributed by atoms with van der Waals surface area (Å²) in [6.45, 7) is 0. The predicted molar refractivity (Wildman–Crippen MR) is 78.5 cm³/mol. The van der Waals surface area contributed by atoms with Gasteiger partial charge in [-0.15, -0.1) is 0 Å². The smallest absolute Gasteiger partial charge is 0.274 e. The molecule has 1 aromatic heterocycles. The van der Waals surface area contributed by atoms with E-state index in [1.54, 1.807) is 6.07 Å². The average molecular weight is 312 g/mol. The summed E-state index contributed by atoms with van der Waals surface area (Å²) < 4.78 is 0. The number of benzene rings is 1. The van der Waals surface area contributed by atoms with Crippen LogP contribution >= 0.6 is 23.4 Å². The van der Waals surface area contributed by atoms with Gasteiger partial charge in [-0.3, -0.25) is 10.1 Å². The first-order valence-corrected chi connectivity index (χ1v) is 6.78. The van der Waals surface area contributed by atoms with Gasteiger partial charge in [0.05, 0.1) is 15.5 Å². The van der Waals surface area contributed by atoms with Gasteiger partial charge in [0.15, 0.2) is 5.16 Å². The summed E-state index contributed by atoms with van der Waals surface area (Å²) in [7, 11) is 0. The Hall–Kier alpha value is -2.06. The van der Waals surface area contributed by atoms with Crippen molar-refractivity contribution < 1.29 is 4.92 Å². The highest BCUT2D eigenvalue weighted by Crippen LogP contribution is 2.32. The number of rotatable bonds is 4. The lowest BCUT2D eigenvalue weighted by molar-refractivity contribution is -0.385. The number of nitrogens with two attached hydrogens (primary N) is 2. The monoisotopic (exact) mass is 311 g/mol. The first-order chi connectivity index (χ1) is 9.47. The molecule has 0 saturated heterocycles. The van der Waals surface area contributed by atoms with Gasteiger partial charge in [0.25, 0.3) is 5.69 Å². The van der Waals surface area contributed by atoms with E-state index in [1.165, 1.54) is 30.0 Å². The molecule has 4 N–H and O–H groups in total. The average Bonchev–Trinajstić information content (AvgIpc) is 2.35. The summed E-state index contributed by atoms with van der Waals surface area (Å²) in [5.41, 5.74) is 11.5. The molecule has 2 aromatic rings. The Labute approximate surface area is 123 Å². The maximum Gasteiger partial charge on any atom is 0.274 e.